The Kier molecular flexibility index (Phi) is 6.27. The lowest BCUT2D eigenvalue weighted by Gasteiger charge is -2.21. The van der Waals surface area contributed by atoms with Gasteiger partial charge in [0.2, 0.25) is 0 Å². The molecule has 5 heteroatoms. The average Bonchev–Trinajstić information content (AvgIpc) is 2.66. The zero-order valence-electron chi connectivity index (χ0n) is 15.3. The molecule has 0 bridgehead atoms. The predicted octanol–water partition coefficient (Wildman–Crippen LogP) is 5.66. The van der Waals surface area contributed by atoms with Gasteiger partial charge in [0, 0.05) is 17.6 Å². The highest BCUT2D eigenvalue weighted by molar-refractivity contribution is 7.82. The Morgan fingerprint density at radius 2 is 1.22 bits per heavy atom. The van der Waals surface area contributed by atoms with Crippen LogP contribution in [0.15, 0.2) is 72.9 Å². The first-order chi connectivity index (χ1) is 13.0. The van der Waals surface area contributed by atoms with Gasteiger partial charge in [-0.3, -0.25) is 4.98 Å². The lowest BCUT2D eigenvalue weighted by molar-refractivity contribution is 1.09. The summed E-state index contributed by atoms with van der Waals surface area (Å²) in [5, 5.41) is 6.61. The highest BCUT2D eigenvalue weighted by Crippen LogP contribution is 2.22. The van der Waals surface area contributed by atoms with Crippen LogP contribution in [0, 0.1) is 13.8 Å². The molecule has 27 heavy (non-hydrogen) atoms. The summed E-state index contributed by atoms with van der Waals surface area (Å²) in [4.78, 5) is 5.70. The van der Waals surface area contributed by atoms with Crippen molar-refractivity contribution in [3.63, 3.8) is 0 Å². The van der Waals surface area contributed by atoms with Gasteiger partial charge in [0.05, 0.1) is 15.7 Å². The van der Waals surface area contributed by atoms with E-state index in [-0.39, 0.29) is 5.92 Å². The van der Waals surface area contributed by atoms with Gasteiger partial charge < -0.3 is 10.6 Å². The first-order valence-electron chi connectivity index (χ1n) is 8.69. The number of aryl methyl sites for hydroxylation is 2. The number of pyridine rings is 1. The SMILES string of the molecule is Cc1ccc(NC(=S)C(C(=S)Nc2ccc(C)cc2)c2ccccn2)cc1. The Balaban J connectivity index is 1.84. The third kappa shape index (κ3) is 5.18. The standard InChI is InChI=1S/C22H21N3S2/c1-15-6-10-17(11-7-15)24-21(26)20(19-5-3-4-14-23-19)22(27)25-18-12-8-16(2)9-13-18/h3-14,20H,1-2H3,(H,24,26)(H,25,27). The van der Waals surface area contributed by atoms with Crippen molar-refractivity contribution in [1.82, 2.24) is 4.98 Å². The van der Waals surface area contributed by atoms with Crippen LogP contribution in [0.4, 0.5) is 11.4 Å². The summed E-state index contributed by atoms with van der Waals surface area (Å²) < 4.78 is 0. The molecule has 3 aromatic rings. The Bertz CT molecular complexity index is 861. The maximum absolute atomic E-state index is 5.71. The fourth-order valence-electron chi connectivity index (χ4n) is 2.64. The number of benzene rings is 2. The van der Waals surface area contributed by atoms with Gasteiger partial charge in [0.25, 0.3) is 0 Å². The molecule has 3 rings (SSSR count). The average molecular weight is 392 g/mol. The van der Waals surface area contributed by atoms with E-state index in [4.69, 9.17) is 24.4 Å². The zero-order chi connectivity index (χ0) is 19.2. The third-order valence-corrected chi connectivity index (χ3v) is 4.82. The maximum Gasteiger partial charge on any atom is 0.102 e. The number of aromatic nitrogens is 1. The lowest BCUT2D eigenvalue weighted by Crippen LogP contribution is -2.30. The monoisotopic (exact) mass is 391 g/mol. The van der Waals surface area contributed by atoms with E-state index >= 15 is 0 Å². The molecule has 0 atom stereocenters. The zero-order valence-corrected chi connectivity index (χ0v) is 16.9. The molecule has 2 N–H and O–H groups in total. The van der Waals surface area contributed by atoms with Crippen LogP contribution in [-0.2, 0) is 0 Å². The molecular formula is C22H21N3S2. The van der Waals surface area contributed by atoms with Crippen LogP contribution in [0.1, 0.15) is 22.7 Å². The molecule has 1 aromatic heterocycles. The molecular weight excluding hydrogens is 370 g/mol. The van der Waals surface area contributed by atoms with Crippen LogP contribution in [0.5, 0.6) is 0 Å². The van der Waals surface area contributed by atoms with Crippen LogP contribution >= 0.6 is 24.4 Å². The summed E-state index contributed by atoms with van der Waals surface area (Å²) in [6.45, 7) is 4.11. The minimum Gasteiger partial charge on any atom is -0.349 e. The fraction of sp³-hybridized carbons (Fsp3) is 0.136. The smallest absolute Gasteiger partial charge is 0.102 e. The van der Waals surface area contributed by atoms with E-state index in [1.165, 1.54) is 11.1 Å². The van der Waals surface area contributed by atoms with Gasteiger partial charge in [-0.2, -0.15) is 0 Å². The van der Waals surface area contributed by atoms with Crippen molar-refractivity contribution in [2.75, 3.05) is 10.6 Å². The molecule has 0 saturated carbocycles. The number of hydrogen-bond acceptors (Lipinski definition) is 3. The van der Waals surface area contributed by atoms with Gasteiger partial charge in [-0.05, 0) is 50.2 Å². The van der Waals surface area contributed by atoms with Crippen molar-refractivity contribution < 1.29 is 0 Å². The van der Waals surface area contributed by atoms with Crippen LogP contribution in [0.2, 0.25) is 0 Å². The Morgan fingerprint density at radius 1 is 0.741 bits per heavy atom. The van der Waals surface area contributed by atoms with Crippen molar-refractivity contribution in [3.8, 4) is 0 Å². The highest BCUT2D eigenvalue weighted by atomic mass is 32.1. The van der Waals surface area contributed by atoms with E-state index in [1.807, 2.05) is 66.7 Å². The highest BCUT2D eigenvalue weighted by Gasteiger charge is 2.23. The van der Waals surface area contributed by atoms with Crippen molar-refractivity contribution in [3.05, 3.63) is 89.7 Å². The number of nitrogens with one attached hydrogen (secondary N) is 2. The van der Waals surface area contributed by atoms with E-state index in [9.17, 15) is 0 Å². The number of rotatable bonds is 5. The maximum atomic E-state index is 5.71. The van der Waals surface area contributed by atoms with Crippen molar-refractivity contribution in [2.24, 2.45) is 0 Å². The van der Waals surface area contributed by atoms with Crippen molar-refractivity contribution in [2.45, 2.75) is 19.8 Å². The number of anilines is 2. The molecule has 0 radical (unpaired) electrons. The Hall–Kier alpha value is -2.63. The molecule has 2 aromatic carbocycles. The summed E-state index contributed by atoms with van der Waals surface area (Å²) in [5.41, 5.74) is 5.08. The molecule has 0 unspecified atom stereocenters. The van der Waals surface area contributed by atoms with Crippen molar-refractivity contribution >= 4 is 45.8 Å². The number of nitrogens with zero attached hydrogens (tertiary/aromatic N) is 1. The quantitative estimate of drug-likeness (QED) is 0.549. The second-order valence-electron chi connectivity index (χ2n) is 6.40. The molecule has 0 saturated heterocycles. The van der Waals surface area contributed by atoms with Crippen LogP contribution in [0.25, 0.3) is 0 Å². The van der Waals surface area contributed by atoms with Crippen LogP contribution in [-0.4, -0.2) is 15.0 Å². The van der Waals surface area contributed by atoms with Crippen molar-refractivity contribution in [1.29, 1.82) is 0 Å². The Labute approximate surface area is 170 Å². The summed E-state index contributed by atoms with van der Waals surface area (Å²) in [5.74, 6) is -0.321. The lowest BCUT2D eigenvalue weighted by atomic mass is 10.0. The molecule has 0 amide bonds. The van der Waals surface area contributed by atoms with Gasteiger partial charge in [-0.15, -0.1) is 0 Å². The predicted molar refractivity (Wildman–Crippen MR) is 122 cm³/mol. The van der Waals surface area contributed by atoms with E-state index in [2.05, 4.69) is 29.5 Å². The molecule has 1 heterocycles. The third-order valence-electron chi connectivity index (χ3n) is 4.15. The molecule has 0 aliphatic carbocycles. The van der Waals surface area contributed by atoms with Gasteiger partial charge >= 0.3 is 0 Å². The van der Waals surface area contributed by atoms with Gasteiger partial charge in [-0.1, -0.05) is 65.9 Å². The number of thiocarbonyl (C=S) groups is 2. The first kappa shape index (κ1) is 19.1. The topological polar surface area (TPSA) is 37.0 Å². The van der Waals surface area contributed by atoms with Crippen LogP contribution < -0.4 is 10.6 Å². The van der Waals surface area contributed by atoms with E-state index in [0.717, 1.165) is 17.1 Å². The summed E-state index contributed by atoms with van der Waals surface area (Å²) in [7, 11) is 0. The summed E-state index contributed by atoms with van der Waals surface area (Å²) in [6, 6.07) is 22.0. The van der Waals surface area contributed by atoms with E-state index in [1.54, 1.807) is 6.20 Å². The molecule has 136 valence electrons. The molecule has 0 aliphatic heterocycles. The van der Waals surface area contributed by atoms with Gasteiger partial charge in [-0.25, -0.2) is 0 Å². The molecule has 3 nitrogen and oxygen atoms in total. The fourth-order valence-corrected chi connectivity index (χ4v) is 3.42. The second-order valence-corrected chi connectivity index (χ2v) is 7.28. The van der Waals surface area contributed by atoms with Gasteiger partial charge in [0.1, 0.15) is 5.92 Å². The minimum absolute atomic E-state index is 0.321. The van der Waals surface area contributed by atoms with Crippen LogP contribution in [0.3, 0.4) is 0 Å². The normalized spacial score (nSPS) is 10.5. The minimum atomic E-state index is -0.321. The Morgan fingerprint density at radius 3 is 1.63 bits per heavy atom. The second kappa shape index (κ2) is 8.84. The first-order valence-corrected chi connectivity index (χ1v) is 9.50. The molecule has 0 aliphatic rings. The van der Waals surface area contributed by atoms with E-state index < -0.39 is 0 Å². The van der Waals surface area contributed by atoms with Gasteiger partial charge in [0.15, 0.2) is 0 Å². The molecule has 0 fully saturated rings. The van der Waals surface area contributed by atoms with E-state index in [0.29, 0.717) is 9.98 Å². The largest absolute Gasteiger partial charge is 0.349 e. The summed E-state index contributed by atoms with van der Waals surface area (Å²) >= 11 is 11.4. The molecule has 0 spiro atoms. The summed E-state index contributed by atoms with van der Waals surface area (Å²) in [6.07, 6.45) is 1.76. The number of hydrogen-bond donors (Lipinski definition) is 2.